The second-order valence-corrected chi connectivity index (χ2v) is 11.0. The van der Waals surface area contributed by atoms with Crippen molar-refractivity contribution < 1.29 is 23.6 Å². The minimum atomic E-state index is -0.592. The van der Waals surface area contributed by atoms with Gasteiger partial charge in [0.15, 0.2) is 5.78 Å². The van der Waals surface area contributed by atoms with Crippen molar-refractivity contribution in [3.63, 3.8) is 0 Å². The number of fused-ring (bicyclic) bond motifs is 1. The highest BCUT2D eigenvalue weighted by Crippen LogP contribution is 2.28. The van der Waals surface area contributed by atoms with Crippen molar-refractivity contribution in [3.05, 3.63) is 58.5 Å². The van der Waals surface area contributed by atoms with E-state index in [9.17, 15) is 23.6 Å². The highest BCUT2D eigenvalue weighted by Gasteiger charge is 2.34. The van der Waals surface area contributed by atoms with E-state index in [2.05, 4.69) is 21.0 Å². The van der Waals surface area contributed by atoms with E-state index in [1.165, 1.54) is 28.6 Å². The average molecular weight is 583 g/mol. The van der Waals surface area contributed by atoms with Gasteiger partial charge in [0.05, 0.1) is 17.1 Å². The van der Waals surface area contributed by atoms with Crippen LogP contribution in [-0.4, -0.2) is 63.9 Å². The molecule has 3 amide bonds. The molecule has 1 aromatic heterocycles. The third kappa shape index (κ3) is 6.74. The summed E-state index contributed by atoms with van der Waals surface area (Å²) in [6.07, 6.45) is 3.08. The number of amides is 3. The maximum atomic E-state index is 14.2. The molecule has 0 radical (unpaired) electrons. The second-order valence-electron chi connectivity index (χ2n) is 10.6. The largest absolute Gasteiger partial charge is 0.350 e. The Morgan fingerprint density at radius 2 is 1.88 bits per heavy atom. The predicted molar refractivity (Wildman–Crippen MR) is 152 cm³/mol. The van der Waals surface area contributed by atoms with Crippen LogP contribution < -0.4 is 16.0 Å². The first-order valence-corrected chi connectivity index (χ1v) is 14.1. The third-order valence-electron chi connectivity index (χ3n) is 7.48. The van der Waals surface area contributed by atoms with Crippen molar-refractivity contribution >= 4 is 51.7 Å². The van der Waals surface area contributed by atoms with E-state index in [0.717, 1.165) is 38.8 Å². The molecule has 2 aromatic carbocycles. The number of carbonyl (C=O) groups is 4. The number of benzene rings is 2. The van der Waals surface area contributed by atoms with Gasteiger partial charge in [0.1, 0.15) is 18.1 Å². The lowest BCUT2D eigenvalue weighted by atomic mass is 9.97. The predicted octanol–water partition coefficient (Wildman–Crippen LogP) is 3.28. The lowest BCUT2D eigenvalue weighted by molar-refractivity contribution is -0.137. The topological polar surface area (TPSA) is 125 Å². The van der Waals surface area contributed by atoms with Gasteiger partial charge in [0.2, 0.25) is 17.7 Å². The second kappa shape index (κ2) is 12.4. The molecule has 12 heteroatoms. The zero-order valence-corrected chi connectivity index (χ0v) is 23.5. The fourth-order valence-electron chi connectivity index (χ4n) is 5.08. The number of nitrogens with one attached hydrogen (secondary N) is 3. The van der Waals surface area contributed by atoms with Crippen LogP contribution in [0.25, 0.3) is 10.9 Å². The number of aromatic nitrogens is 2. The molecule has 216 valence electrons. The zero-order valence-electron chi connectivity index (χ0n) is 22.7. The van der Waals surface area contributed by atoms with Crippen LogP contribution in [0.2, 0.25) is 5.02 Å². The molecule has 1 saturated heterocycles. The van der Waals surface area contributed by atoms with Crippen LogP contribution in [0.4, 0.5) is 10.1 Å². The summed E-state index contributed by atoms with van der Waals surface area (Å²) in [6.45, 7) is 2.59. The molecule has 3 N–H and O–H groups in total. The Morgan fingerprint density at radius 3 is 2.59 bits per heavy atom. The summed E-state index contributed by atoms with van der Waals surface area (Å²) in [7, 11) is 0. The molecule has 0 unspecified atom stereocenters. The minimum Gasteiger partial charge on any atom is -0.350 e. The number of hydrogen-bond donors (Lipinski definition) is 3. The highest BCUT2D eigenvalue weighted by molar-refractivity contribution is 6.30. The number of nitrogens with zero attached hydrogens (tertiary/aromatic N) is 3. The van der Waals surface area contributed by atoms with Crippen LogP contribution in [0, 0.1) is 11.7 Å². The maximum absolute atomic E-state index is 14.2. The summed E-state index contributed by atoms with van der Waals surface area (Å²) in [6, 6.07) is 9.66. The molecule has 0 bridgehead atoms. The molecule has 2 heterocycles. The van der Waals surface area contributed by atoms with Crippen LogP contribution in [0.5, 0.6) is 0 Å². The van der Waals surface area contributed by atoms with Gasteiger partial charge in [-0.3, -0.25) is 23.9 Å². The first kappa shape index (κ1) is 28.7. The number of ketones is 1. The molecule has 1 aliphatic carbocycles. The van der Waals surface area contributed by atoms with E-state index in [-0.39, 0.29) is 65.5 Å². The van der Waals surface area contributed by atoms with Crippen molar-refractivity contribution in [2.75, 3.05) is 25.0 Å². The van der Waals surface area contributed by atoms with E-state index < -0.39 is 11.7 Å². The summed E-state index contributed by atoms with van der Waals surface area (Å²) in [5, 5.41) is 13.8. The standard InChI is InChI=1S/C29H32ClFN6O4/c1-17(38)28-22-13-20(34-29(41)18-9-11-32-12-10-18)5-8-24(22)37(35-28)16-26(40)36(21-6-7-21)15-25(39)33-14-19-3-2-4-23(30)27(19)31/h2-5,8,13,18,21,32H,6-7,9-12,14-16H2,1H3,(H,33,39)(H,34,41). The molecule has 1 aliphatic heterocycles. The Bertz CT molecular complexity index is 1500. The number of anilines is 1. The number of carbonyl (C=O) groups excluding carboxylic acids is 4. The van der Waals surface area contributed by atoms with Gasteiger partial charge in [0.25, 0.3) is 0 Å². The van der Waals surface area contributed by atoms with E-state index in [0.29, 0.717) is 16.6 Å². The fraction of sp³-hybridized carbons (Fsp3) is 0.414. The van der Waals surface area contributed by atoms with Crippen LogP contribution in [0.3, 0.4) is 0 Å². The minimum absolute atomic E-state index is 0.0285. The monoisotopic (exact) mass is 582 g/mol. The molecule has 0 spiro atoms. The summed E-state index contributed by atoms with van der Waals surface area (Å²) in [5.74, 6) is -1.74. The summed E-state index contributed by atoms with van der Waals surface area (Å²) < 4.78 is 15.6. The first-order valence-electron chi connectivity index (χ1n) is 13.7. The molecule has 3 aromatic rings. The van der Waals surface area contributed by atoms with Crippen molar-refractivity contribution in [1.29, 1.82) is 0 Å². The van der Waals surface area contributed by atoms with Crippen molar-refractivity contribution in [3.8, 4) is 0 Å². The summed E-state index contributed by atoms with van der Waals surface area (Å²) >= 11 is 5.82. The fourth-order valence-corrected chi connectivity index (χ4v) is 5.28. The van der Waals surface area contributed by atoms with E-state index in [1.54, 1.807) is 24.3 Å². The van der Waals surface area contributed by atoms with Gasteiger partial charge >= 0.3 is 0 Å². The van der Waals surface area contributed by atoms with E-state index in [1.807, 2.05) is 0 Å². The van der Waals surface area contributed by atoms with Crippen molar-refractivity contribution in [2.45, 2.75) is 51.7 Å². The molecule has 0 atom stereocenters. The van der Waals surface area contributed by atoms with Gasteiger partial charge in [-0.2, -0.15) is 5.10 Å². The summed E-state index contributed by atoms with van der Waals surface area (Å²) in [5.41, 5.74) is 1.58. The number of halogens is 2. The molecular formula is C29H32ClFN6O4. The Hall–Kier alpha value is -3.83. The number of Topliss-reactive ketones (excluding diaryl/α,β-unsaturated/α-hetero) is 1. The summed E-state index contributed by atoms with van der Waals surface area (Å²) in [4.78, 5) is 52.7. The number of rotatable bonds is 10. The molecule has 2 fully saturated rings. The SMILES string of the molecule is CC(=O)c1nn(CC(=O)N(CC(=O)NCc2cccc(Cl)c2F)C2CC2)c2ccc(NC(=O)C3CCNCC3)cc12. The average Bonchev–Trinajstić information content (AvgIpc) is 3.74. The normalized spacial score (nSPS) is 15.5. The maximum Gasteiger partial charge on any atom is 0.245 e. The smallest absolute Gasteiger partial charge is 0.245 e. The van der Waals surface area contributed by atoms with Crippen LogP contribution in [0.1, 0.15) is 48.7 Å². The van der Waals surface area contributed by atoms with Gasteiger partial charge in [-0.25, -0.2) is 4.39 Å². The first-order chi connectivity index (χ1) is 19.7. The quantitative estimate of drug-likeness (QED) is 0.315. The van der Waals surface area contributed by atoms with Gasteiger partial charge in [-0.05, 0) is 63.0 Å². The lowest BCUT2D eigenvalue weighted by Crippen LogP contribution is -2.43. The molecular weight excluding hydrogens is 551 g/mol. The zero-order chi connectivity index (χ0) is 29.1. The Labute approximate surface area is 241 Å². The van der Waals surface area contributed by atoms with Crippen molar-refractivity contribution in [2.24, 2.45) is 5.92 Å². The van der Waals surface area contributed by atoms with Crippen LogP contribution in [-0.2, 0) is 27.5 Å². The number of piperidine rings is 1. The number of hydrogen-bond acceptors (Lipinski definition) is 6. The Morgan fingerprint density at radius 1 is 1.12 bits per heavy atom. The Kier molecular flexibility index (Phi) is 8.65. The van der Waals surface area contributed by atoms with Gasteiger partial charge < -0.3 is 20.9 Å². The molecule has 1 saturated carbocycles. The van der Waals surface area contributed by atoms with E-state index in [4.69, 9.17) is 11.6 Å². The van der Waals surface area contributed by atoms with Gasteiger partial charge in [-0.1, -0.05) is 23.7 Å². The Balaban J connectivity index is 1.28. The van der Waals surface area contributed by atoms with Crippen molar-refractivity contribution in [1.82, 2.24) is 25.3 Å². The van der Waals surface area contributed by atoms with E-state index >= 15 is 0 Å². The van der Waals surface area contributed by atoms with Gasteiger partial charge in [0, 0.05) is 42.1 Å². The molecule has 41 heavy (non-hydrogen) atoms. The van der Waals surface area contributed by atoms with Gasteiger partial charge in [-0.15, -0.1) is 0 Å². The lowest BCUT2D eigenvalue weighted by Gasteiger charge is -2.22. The molecule has 10 nitrogen and oxygen atoms in total. The molecule has 5 rings (SSSR count). The molecule has 2 aliphatic rings. The third-order valence-corrected chi connectivity index (χ3v) is 7.77. The highest BCUT2D eigenvalue weighted by atomic mass is 35.5. The van der Waals surface area contributed by atoms with Crippen LogP contribution in [0.15, 0.2) is 36.4 Å². The van der Waals surface area contributed by atoms with Crippen LogP contribution >= 0.6 is 11.6 Å².